The molecule has 2 rings (SSSR count). The number of rotatable bonds is 4. The van der Waals surface area contributed by atoms with Crippen molar-refractivity contribution < 1.29 is 13.2 Å². The summed E-state index contributed by atoms with van der Waals surface area (Å²) in [6, 6.07) is 1.10. The fraction of sp³-hybridized carbons (Fsp3) is 1.00. The molecule has 2 heterocycles. The predicted molar refractivity (Wildman–Crippen MR) is 86.8 cm³/mol. The van der Waals surface area contributed by atoms with Crippen LogP contribution >= 0.6 is 18.8 Å². The molecule has 0 spiro atoms. The van der Waals surface area contributed by atoms with E-state index in [9.17, 15) is 0 Å². The third-order valence-electron chi connectivity index (χ3n) is 4.47. The van der Waals surface area contributed by atoms with Gasteiger partial charge in [-0.05, 0) is 0 Å². The molecule has 0 N–H and O–H groups in total. The number of halogens is 2. The van der Waals surface area contributed by atoms with Crippen LogP contribution in [0.5, 0.6) is 0 Å². The van der Waals surface area contributed by atoms with Crippen molar-refractivity contribution in [3.63, 3.8) is 0 Å². The van der Waals surface area contributed by atoms with E-state index in [0.717, 1.165) is 24.3 Å². The van der Waals surface area contributed by atoms with E-state index in [4.69, 9.17) is 18.8 Å². The monoisotopic (exact) mass is 504 g/mol. The van der Waals surface area contributed by atoms with E-state index in [1.165, 1.54) is 38.5 Å². The zero-order valence-electron chi connectivity index (χ0n) is 13.2. The standard InChI is InChI=1S/2C6H12N.C3H7.2ClH.Pt/c2*1-6-4-2-3-5-7-6;1-3-2;;;/h2*6H,2-5H2,1H3;1,3H2,2H3;2*1H;/q2*-1;;;;+4/p-2. The first kappa shape index (κ1) is 17.5. The molecule has 0 bridgehead atoms. The summed E-state index contributed by atoms with van der Waals surface area (Å²) < 4.78 is 5.15. The van der Waals surface area contributed by atoms with Gasteiger partial charge in [0.05, 0.1) is 0 Å². The first-order chi connectivity index (χ1) is 9.39. The van der Waals surface area contributed by atoms with Gasteiger partial charge in [0.25, 0.3) is 0 Å². The summed E-state index contributed by atoms with van der Waals surface area (Å²) in [5, 5.41) is 0. The van der Waals surface area contributed by atoms with E-state index in [2.05, 4.69) is 27.7 Å². The van der Waals surface area contributed by atoms with Gasteiger partial charge in [-0.15, -0.1) is 0 Å². The molecule has 20 heavy (non-hydrogen) atoms. The minimum atomic E-state index is -3.69. The average molecular weight is 505 g/mol. The molecule has 2 nitrogen and oxygen atoms in total. The minimum absolute atomic E-state index is 0.550. The molecule has 2 atom stereocenters. The van der Waals surface area contributed by atoms with Crippen molar-refractivity contribution in [1.29, 1.82) is 0 Å². The quantitative estimate of drug-likeness (QED) is 0.506. The van der Waals surface area contributed by atoms with Crippen LogP contribution in [0, 0.1) is 0 Å². The Morgan fingerprint density at radius 2 is 1.35 bits per heavy atom. The maximum absolute atomic E-state index is 7.45. The molecule has 0 aromatic heterocycles. The van der Waals surface area contributed by atoms with E-state index in [1.54, 1.807) is 0 Å². The van der Waals surface area contributed by atoms with Gasteiger partial charge in [-0.25, -0.2) is 0 Å². The maximum atomic E-state index is 7.45. The molecule has 2 aliphatic rings. The van der Waals surface area contributed by atoms with Gasteiger partial charge in [0, 0.05) is 0 Å². The zero-order valence-corrected chi connectivity index (χ0v) is 17.0. The van der Waals surface area contributed by atoms with Crippen LogP contribution in [0.15, 0.2) is 0 Å². The van der Waals surface area contributed by atoms with Gasteiger partial charge in [-0.2, -0.15) is 0 Å². The molecular formula is C15H31Cl2N2Pt. The first-order valence-corrected chi connectivity index (χ1v) is 17.3. The summed E-state index contributed by atoms with van der Waals surface area (Å²) in [7, 11) is 14.9. The van der Waals surface area contributed by atoms with Crippen LogP contribution in [0.2, 0.25) is 4.81 Å². The second kappa shape index (κ2) is 6.75. The molecule has 125 valence electrons. The molecular weight excluding hydrogens is 474 g/mol. The number of hydrogen-bond acceptors (Lipinski definition) is 2. The SMILES string of the molecule is CC[CH2][Pt]([Cl])([Cl])([N]1CCCCC1C)[N]1CCCCC1C. The van der Waals surface area contributed by atoms with E-state index in [0.29, 0.717) is 12.1 Å². The van der Waals surface area contributed by atoms with Gasteiger partial charge in [0.1, 0.15) is 0 Å². The van der Waals surface area contributed by atoms with Crippen molar-refractivity contribution in [3.05, 3.63) is 0 Å². The number of hydrogen-bond donors (Lipinski definition) is 0. The Hall–Kier alpha value is 1.19. The topological polar surface area (TPSA) is 6.48 Å². The Balaban J connectivity index is 2.33. The summed E-state index contributed by atoms with van der Waals surface area (Å²) >= 11 is -3.69. The summed E-state index contributed by atoms with van der Waals surface area (Å²) in [5.41, 5.74) is 0. The van der Waals surface area contributed by atoms with Crippen molar-refractivity contribution in [2.75, 3.05) is 13.1 Å². The summed E-state index contributed by atoms with van der Waals surface area (Å²) in [6.07, 6.45) is 8.77. The predicted octanol–water partition coefficient (Wildman–Crippen LogP) is 5.39. The fourth-order valence-electron chi connectivity index (χ4n) is 3.44. The Labute approximate surface area is 134 Å². The molecule has 0 amide bonds. The van der Waals surface area contributed by atoms with E-state index in [1.807, 2.05) is 0 Å². The molecule has 0 radical (unpaired) electrons. The fourth-order valence-corrected chi connectivity index (χ4v) is 21.6. The van der Waals surface area contributed by atoms with Crippen LogP contribution in [0.1, 0.15) is 65.7 Å². The van der Waals surface area contributed by atoms with Crippen LogP contribution in [0.25, 0.3) is 0 Å². The third-order valence-corrected chi connectivity index (χ3v) is 21.9. The second-order valence-corrected chi connectivity index (χ2v) is 24.2. The van der Waals surface area contributed by atoms with E-state index in [-0.39, 0.29) is 0 Å². The van der Waals surface area contributed by atoms with Crippen molar-refractivity contribution in [1.82, 2.24) is 6.92 Å². The van der Waals surface area contributed by atoms with Crippen molar-refractivity contribution in [2.45, 2.75) is 82.6 Å². The molecule has 2 unspecified atom stereocenters. The molecule has 2 fully saturated rings. The first-order valence-electron chi connectivity index (χ1n) is 8.07. The summed E-state index contributed by atoms with van der Waals surface area (Å²) in [4.78, 5) is 1.00. The van der Waals surface area contributed by atoms with E-state index < -0.39 is 13.2 Å². The van der Waals surface area contributed by atoms with Crippen LogP contribution in [-0.2, 0) is 13.2 Å². The molecule has 2 saturated heterocycles. The second-order valence-electron chi connectivity index (χ2n) is 6.21. The zero-order chi connectivity index (χ0) is 14.8. The van der Waals surface area contributed by atoms with Crippen LogP contribution in [-0.4, -0.2) is 32.1 Å². The van der Waals surface area contributed by atoms with Gasteiger partial charge in [-0.1, -0.05) is 0 Å². The molecule has 0 aromatic carbocycles. The molecule has 2 aliphatic heterocycles. The average Bonchev–Trinajstić information content (AvgIpc) is 2.39. The van der Waals surface area contributed by atoms with Crippen molar-refractivity contribution in [2.24, 2.45) is 0 Å². The van der Waals surface area contributed by atoms with Gasteiger partial charge in [0.15, 0.2) is 0 Å². The Bertz CT molecular complexity index is 312. The molecule has 0 aromatic rings. The van der Waals surface area contributed by atoms with Crippen LogP contribution in [0.4, 0.5) is 0 Å². The Morgan fingerprint density at radius 1 is 0.900 bits per heavy atom. The number of nitrogens with zero attached hydrogens (tertiary/aromatic N) is 2. The molecule has 0 saturated carbocycles. The van der Waals surface area contributed by atoms with Crippen LogP contribution in [0.3, 0.4) is 0 Å². The van der Waals surface area contributed by atoms with Crippen LogP contribution < -0.4 is 0 Å². The van der Waals surface area contributed by atoms with Crippen molar-refractivity contribution in [3.8, 4) is 0 Å². The molecule has 5 heteroatoms. The van der Waals surface area contributed by atoms with Gasteiger partial charge < -0.3 is 0 Å². The molecule has 0 aliphatic carbocycles. The summed E-state index contributed by atoms with van der Waals surface area (Å²) in [6.45, 7) is 9.10. The van der Waals surface area contributed by atoms with E-state index >= 15 is 0 Å². The normalized spacial score (nSPS) is 32.8. The van der Waals surface area contributed by atoms with Gasteiger partial charge >= 0.3 is 135 Å². The number of piperidine rings is 2. The van der Waals surface area contributed by atoms with Crippen molar-refractivity contribution >= 4 is 18.8 Å². The summed E-state index contributed by atoms with van der Waals surface area (Å²) in [5.74, 6) is 0. The Morgan fingerprint density at radius 3 is 1.70 bits per heavy atom. The Kier molecular flexibility index (Phi) is 5.92. The van der Waals surface area contributed by atoms with Gasteiger partial charge in [0.2, 0.25) is 0 Å². The third kappa shape index (κ3) is 3.25. The van der Waals surface area contributed by atoms with Gasteiger partial charge in [-0.3, -0.25) is 0 Å².